The number of H-pyrrole nitrogens is 1. The number of hydrogen-bond acceptors (Lipinski definition) is 3. The summed E-state index contributed by atoms with van der Waals surface area (Å²) in [6, 6.07) is 12.3. The predicted molar refractivity (Wildman–Crippen MR) is 109 cm³/mol. The molecule has 0 radical (unpaired) electrons. The Kier molecular flexibility index (Phi) is 5.28. The van der Waals surface area contributed by atoms with Gasteiger partial charge in [-0.15, -0.1) is 0 Å². The van der Waals surface area contributed by atoms with Gasteiger partial charge in [0.05, 0.1) is 11.9 Å². The SMILES string of the molecule is CCCc1cc(C(=O)N2CCC(c3[nH]ncc3-c3ccccc3)CC2)n(C)n1. The van der Waals surface area contributed by atoms with Crippen molar-refractivity contribution in [1.29, 1.82) is 0 Å². The van der Waals surface area contributed by atoms with E-state index in [9.17, 15) is 4.79 Å². The Hall–Kier alpha value is -2.89. The number of nitrogens with one attached hydrogen (secondary N) is 1. The summed E-state index contributed by atoms with van der Waals surface area (Å²) in [6.07, 6.45) is 5.73. The van der Waals surface area contributed by atoms with E-state index in [1.807, 2.05) is 42.4 Å². The van der Waals surface area contributed by atoms with Crippen LogP contribution in [0.25, 0.3) is 11.1 Å². The molecule has 0 atom stereocenters. The van der Waals surface area contributed by atoms with Crippen LogP contribution in [0.15, 0.2) is 42.6 Å². The van der Waals surface area contributed by atoms with Gasteiger partial charge in [-0.05, 0) is 30.9 Å². The number of nitrogens with zero attached hydrogens (tertiary/aromatic N) is 4. The Labute approximate surface area is 165 Å². The number of benzene rings is 1. The van der Waals surface area contributed by atoms with Gasteiger partial charge in [-0.1, -0.05) is 43.7 Å². The molecule has 28 heavy (non-hydrogen) atoms. The molecule has 1 aliphatic heterocycles. The van der Waals surface area contributed by atoms with Gasteiger partial charge in [-0.25, -0.2) is 0 Å². The fourth-order valence-electron chi connectivity index (χ4n) is 4.09. The van der Waals surface area contributed by atoms with Crippen molar-refractivity contribution in [3.8, 4) is 11.1 Å². The zero-order valence-electron chi connectivity index (χ0n) is 16.6. The standard InChI is InChI=1S/C22H27N5O/c1-3-7-18-14-20(26(2)25-18)22(28)27-12-10-17(11-13-27)21-19(15-23-24-21)16-8-5-4-6-9-16/h4-6,8-9,14-15,17H,3,7,10-13H2,1-2H3,(H,23,24). The zero-order chi connectivity index (χ0) is 19.5. The number of rotatable bonds is 5. The third-order valence-electron chi connectivity index (χ3n) is 5.60. The van der Waals surface area contributed by atoms with Gasteiger partial charge in [-0.3, -0.25) is 14.6 Å². The highest BCUT2D eigenvalue weighted by atomic mass is 16.2. The molecule has 146 valence electrons. The van der Waals surface area contributed by atoms with Gasteiger partial charge < -0.3 is 4.90 Å². The second-order valence-corrected chi connectivity index (χ2v) is 7.52. The Morgan fingerprint density at radius 3 is 2.68 bits per heavy atom. The van der Waals surface area contributed by atoms with E-state index in [1.165, 1.54) is 16.8 Å². The first-order valence-corrected chi connectivity index (χ1v) is 10.1. The largest absolute Gasteiger partial charge is 0.337 e. The highest BCUT2D eigenvalue weighted by Gasteiger charge is 2.28. The minimum Gasteiger partial charge on any atom is -0.337 e. The molecule has 6 heteroatoms. The molecule has 0 saturated carbocycles. The van der Waals surface area contributed by atoms with Gasteiger partial charge in [0.2, 0.25) is 0 Å². The number of piperidine rings is 1. The van der Waals surface area contributed by atoms with Crippen LogP contribution in [0.1, 0.15) is 54.0 Å². The molecule has 1 N–H and O–H groups in total. The maximum absolute atomic E-state index is 13.0. The van der Waals surface area contributed by atoms with Crippen molar-refractivity contribution in [1.82, 2.24) is 24.9 Å². The van der Waals surface area contributed by atoms with E-state index in [0.29, 0.717) is 11.6 Å². The lowest BCUT2D eigenvalue weighted by Gasteiger charge is -2.32. The van der Waals surface area contributed by atoms with Crippen LogP contribution in [0, 0.1) is 0 Å². The van der Waals surface area contributed by atoms with Crippen LogP contribution in [0.3, 0.4) is 0 Å². The first-order chi connectivity index (χ1) is 13.7. The van der Waals surface area contributed by atoms with Gasteiger partial charge >= 0.3 is 0 Å². The summed E-state index contributed by atoms with van der Waals surface area (Å²) in [7, 11) is 1.86. The zero-order valence-corrected chi connectivity index (χ0v) is 16.6. The van der Waals surface area contributed by atoms with Crippen molar-refractivity contribution in [3.05, 3.63) is 59.7 Å². The summed E-state index contributed by atoms with van der Waals surface area (Å²) in [5, 5.41) is 12.0. The summed E-state index contributed by atoms with van der Waals surface area (Å²) in [4.78, 5) is 14.9. The van der Waals surface area contributed by atoms with Crippen LogP contribution in [0.2, 0.25) is 0 Å². The summed E-state index contributed by atoms with van der Waals surface area (Å²) in [5.41, 5.74) is 5.22. The number of amides is 1. The molecule has 3 aromatic rings. The summed E-state index contributed by atoms with van der Waals surface area (Å²) in [5.74, 6) is 0.479. The normalized spacial score (nSPS) is 15.1. The van der Waals surface area contributed by atoms with Crippen LogP contribution >= 0.6 is 0 Å². The fraction of sp³-hybridized carbons (Fsp3) is 0.409. The Bertz CT molecular complexity index is 935. The monoisotopic (exact) mass is 377 g/mol. The second kappa shape index (κ2) is 8.00. The van der Waals surface area contributed by atoms with Gasteiger partial charge in [0.25, 0.3) is 5.91 Å². The first-order valence-electron chi connectivity index (χ1n) is 10.1. The van der Waals surface area contributed by atoms with Crippen LogP contribution in [-0.4, -0.2) is 43.9 Å². The molecule has 2 aromatic heterocycles. The van der Waals surface area contributed by atoms with Gasteiger partial charge in [-0.2, -0.15) is 10.2 Å². The third kappa shape index (κ3) is 3.59. The highest BCUT2D eigenvalue weighted by Crippen LogP contribution is 2.34. The minimum atomic E-state index is 0.0868. The third-order valence-corrected chi connectivity index (χ3v) is 5.60. The molecule has 0 bridgehead atoms. The molecule has 0 spiro atoms. The van der Waals surface area contributed by atoms with Crippen molar-refractivity contribution in [2.75, 3.05) is 13.1 Å². The maximum Gasteiger partial charge on any atom is 0.272 e. The maximum atomic E-state index is 13.0. The van der Waals surface area contributed by atoms with Crippen molar-refractivity contribution in [2.45, 2.75) is 38.5 Å². The number of carbonyl (C=O) groups is 1. The Balaban J connectivity index is 1.44. The minimum absolute atomic E-state index is 0.0868. The molecule has 1 aliphatic rings. The Morgan fingerprint density at radius 1 is 1.21 bits per heavy atom. The van der Waals surface area contributed by atoms with Gasteiger partial charge in [0.1, 0.15) is 5.69 Å². The van der Waals surface area contributed by atoms with Crippen molar-refractivity contribution in [3.63, 3.8) is 0 Å². The van der Waals surface area contributed by atoms with Crippen LogP contribution in [0.5, 0.6) is 0 Å². The van der Waals surface area contributed by atoms with E-state index in [-0.39, 0.29) is 5.91 Å². The van der Waals surface area contributed by atoms with Crippen molar-refractivity contribution < 1.29 is 4.79 Å². The van der Waals surface area contributed by atoms with E-state index in [1.54, 1.807) is 4.68 Å². The van der Waals surface area contributed by atoms with E-state index in [2.05, 4.69) is 34.4 Å². The quantitative estimate of drug-likeness (QED) is 0.736. The van der Waals surface area contributed by atoms with Crippen molar-refractivity contribution >= 4 is 5.91 Å². The number of likely N-dealkylation sites (tertiary alicyclic amines) is 1. The molecule has 0 aliphatic carbocycles. The average molecular weight is 377 g/mol. The second-order valence-electron chi connectivity index (χ2n) is 7.52. The fourth-order valence-corrected chi connectivity index (χ4v) is 4.09. The molecule has 0 unspecified atom stereocenters. The average Bonchev–Trinajstić information content (AvgIpc) is 3.35. The molecule has 4 rings (SSSR count). The topological polar surface area (TPSA) is 66.8 Å². The van der Waals surface area contributed by atoms with E-state index in [0.717, 1.165) is 44.5 Å². The molecular formula is C22H27N5O. The molecule has 1 fully saturated rings. The van der Waals surface area contributed by atoms with Gasteiger partial charge in [0, 0.05) is 37.3 Å². The van der Waals surface area contributed by atoms with Crippen LogP contribution < -0.4 is 0 Å². The highest BCUT2D eigenvalue weighted by molar-refractivity contribution is 5.92. The molecule has 6 nitrogen and oxygen atoms in total. The van der Waals surface area contributed by atoms with Crippen molar-refractivity contribution in [2.24, 2.45) is 7.05 Å². The summed E-state index contributed by atoms with van der Waals surface area (Å²) in [6.45, 7) is 3.64. The van der Waals surface area contributed by atoms with Crippen LogP contribution in [-0.2, 0) is 13.5 Å². The lowest BCUT2D eigenvalue weighted by molar-refractivity contribution is 0.0701. The number of aromatic amines is 1. The first kappa shape index (κ1) is 18.5. The predicted octanol–water partition coefficient (Wildman–Crippen LogP) is 3.78. The van der Waals surface area contributed by atoms with E-state index < -0.39 is 0 Å². The molecule has 3 heterocycles. The van der Waals surface area contributed by atoms with E-state index >= 15 is 0 Å². The van der Waals surface area contributed by atoms with Crippen LogP contribution in [0.4, 0.5) is 0 Å². The lowest BCUT2D eigenvalue weighted by Crippen LogP contribution is -2.38. The number of hydrogen-bond donors (Lipinski definition) is 1. The smallest absolute Gasteiger partial charge is 0.272 e. The molecule has 1 amide bonds. The lowest BCUT2D eigenvalue weighted by atomic mass is 9.89. The van der Waals surface area contributed by atoms with E-state index in [4.69, 9.17) is 0 Å². The summed E-state index contributed by atoms with van der Waals surface area (Å²) < 4.78 is 1.72. The molecular weight excluding hydrogens is 350 g/mol. The number of aromatic nitrogens is 4. The Morgan fingerprint density at radius 2 is 1.96 bits per heavy atom. The number of aryl methyl sites for hydroxylation is 2. The molecule has 1 saturated heterocycles. The van der Waals surface area contributed by atoms with Gasteiger partial charge in [0.15, 0.2) is 0 Å². The molecule has 1 aromatic carbocycles. The summed E-state index contributed by atoms with van der Waals surface area (Å²) >= 11 is 0. The number of carbonyl (C=O) groups excluding carboxylic acids is 1.